The molecule has 0 unspecified atom stereocenters. The number of amides is 1. The van der Waals surface area contributed by atoms with E-state index in [2.05, 4.69) is 16.0 Å². The zero-order valence-corrected chi connectivity index (χ0v) is 14.2. The summed E-state index contributed by atoms with van der Waals surface area (Å²) < 4.78 is -1.78. The number of hydrogen-bond donors (Lipinski definition) is 3. The van der Waals surface area contributed by atoms with Gasteiger partial charge in [0.25, 0.3) is 0 Å². The van der Waals surface area contributed by atoms with Crippen molar-refractivity contribution < 1.29 is 4.79 Å². The molecule has 10 heteroatoms. The van der Waals surface area contributed by atoms with Gasteiger partial charge in [-0.15, -0.1) is 0 Å². The molecule has 20 heavy (non-hydrogen) atoms. The molecular weight excluding hydrogens is 387 g/mol. The summed E-state index contributed by atoms with van der Waals surface area (Å²) in [6.45, 7) is 0. The maximum Gasteiger partial charge on any atom is 0.228 e. The van der Waals surface area contributed by atoms with Crippen LogP contribution in [-0.2, 0) is 4.79 Å². The van der Waals surface area contributed by atoms with E-state index in [1.807, 2.05) is 0 Å². The topological polar surface area (TPSA) is 53.2 Å². The number of hydrogen-bond acceptors (Lipinski definition) is 2. The number of alkyl halides is 3. The van der Waals surface area contributed by atoms with Crippen molar-refractivity contribution >= 4 is 87.4 Å². The van der Waals surface area contributed by atoms with Crippen molar-refractivity contribution in [2.75, 3.05) is 5.32 Å². The molecule has 0 saturated heterocycles. The summed E-state index contributed by atoms with van der Waals surface area (Å²) in [6.07, 6.45) is -0.617. The van der Waals surface area contributed by atoms with Crippen LogP contribution in [-0.4, -0.2) is 21.5 Å². The molecule has 0 aliphatic rings. The molecule has 0 heterocycles. The predicted octanol–water partition coefficient (Wildman–Crippen LogP) is 3.72. The lowest BCUT2D eigenvalue weighted by molar-refractivity contribution is -0.110. The fraction of sp³-hybridized carbons (Fsp3) is 0.200. The summed E-state index contributed by atoms with van der Waals surface area (Å²) in [5.41, 5.74) is 0.516. The molecular formula is C10H8Cl5N3OS. The van der Waals surface area contributed by atoms with Gasteiger partial charge in [-0.3, -0.25) is 4.79 Å². The number of anilines is 1. The SMILES string of the molecule is O=CN[C@@H](NC(=S)Nc1ccc(Cl)cc1Cl)C(Cl)(Cl)Cl. The molecule has 0 bridgehead atoms. The lowest BCUT2D eigenvalue weighted by Crippen LogP contribution is -2.53. The van der Waals surface area contributed by atoms with Gasteiger partial charge in [-0.1, -0.05) is 58.0 Å². The number of halogens is 5. The molecule has 1 aromatic carbocycles. The second-order valence-corrected chi connectivity index (χ2v) is 7.10. The van der Waals surface area contributed by atoms with Gasteiger partial charge in [-0.05, 0) is 30.4 Å². The number of carbonyl (C=O) groups excluding carboxylic acids is 1. The van der Waals surface area contributed by atoms with Gasteiger partial charge in [0.05, 0.1) is 10.7 Å². The monoisotopic (exact) mass is 393 g/mol. The van der Waals surface area contributed by atoms with Crippen LogP contribution in [0.4, 0.5) is 5.69 Å². The molecule has 1 amide bonds. The van der Waals surface area contributed by atoms with Crippen LogP contribution < -0.4 is 16.0 Å². The zero-order valence-electron chi connectivity index (χ0n) is 9.59. The number of nitrogens with one attached hydrogen (secondary N) is 3. The van der Waals surface area contributed by atoms with E-state index in [-0.39, 0.29) is 5.11 Å². The Kier molecular flexibility index (Phi) is 6.91. The molecule has 0 aliphatic heterocycles. The molecule has 3 N–H and O–H groups in total. The van der Waals surface area contributed by atoms with Gasteiger partial charge in [0, 0.05) is 5.02 Å². The first kappa shape index (κ1) is 17.9. The zero-order chi connectivity index (χ0) is 15.3. The van der Waals surface area contributed by atoms with Gasteiger partial charge in [0.1, 0.15) is 6.17 Å². The van der Waals surface area contributed by atoms with E-state index >= 15 is 0 Å². The van der Waals surface area contributed by atoms with E-state index in [0.717, 1.165) is 0 Å². The summed E-state index contributed by atoms with van der Waals surface area (Å²) in [6, 6.07) is 4.81. The summed E-state index contributed by atoms with van der Waals surface area (Å²) in [5.74, 6) is 0. The van der Waals surface area contributed by atoms with Crippen LogP contribution in [0.1, 0.15) is 0 Å². The summed E-state index contributed by atoms with van der Waals surface area (Å²) >= 11 is 33.9. The highest BCUT2D eigenvalue weighted by molar-refractivity contribution is 7.80. The van der Waals surface area contributed by atoms with Crippen molar-refractivity contribution in [3.05, 3.63) is 28.2 Å². The highest BCUT2D eigenvalue weighted by Gasteiger charge is 2.33. The Balaban J connectivity index is 2.73. The van der Waals surface area contributed by atoms with Crippen molar-refractivity contribution in [1.29, 1.82) is 0 Å². The van der Waals surface area contributed by atoms with Crippen molar-refractivity contribution in [1.82, 2.24) is 10.6 Å². The first-order chi connectivity index (χ1) is 9.24. The van der Waals surface area contributed by atoms with Crippen LogP contribution in [0.5, 0.6) is 0 Å². The molecule has 1 atom stereocenters. The van der Waals surface area contributed by atoms with Crippen LogP contribution in [0.3, 0.4) is 0 Å². The van der Waals surface area contributed by atoms with E-state index in [4.69, 9.17) is 70.2 Å². The Morgan fingerprint density at radius 2 is 1.95 bits per heavy atom. The third-order valence-electron chi connectivity index (χ3n) is 2.02. The van der Waals surface area contributed by atoms with E-state index in [1.54, 1.807) is 18.2 Å². The molecule has 0 radical (unpaired) electrons. The van der Waals surface area contributed by atoms with Gasteiger partial charge in [0.15, 0.2) is 5.11 Å². The average molecular weight is 396 g/mol. The van der Waals surface area contributed by atoms with Crippen LogP contribution >= 0.6 is 70.2 Å². The highest BCUT2D eigenvalue weighted by Crippen LogP contribution is 2.29. The van der Waals surface area contributed by atoms with Gasteiger partial charge in [-0.2, -0.15) is 0 Å². The minimum absolute atomic E-state index is 0.111. The van der Waals surface area contributed by atoms with E-state index in [9.17, 15) is 4.79 Å². The Hall–Kier alpha value is -0.170. The molecule has 1 rings (SSSR count). The quantitative estimate of drug-likeness (QED) is 0.315. The number of carbonyl (C=O) groups is 1. The van der Waals surface area contributed by atoms with Crippen molar-refractivity contribution in [2.24, 2.45) is 0 Å². The fourth-order valence-electron chi connectivity index (χ4n) is 1.17. The Morgan fingerprint density at radius 1 is 1.30 bits per heavy atom. The summed E-state index contributed by atoms with van der Waals surface area (Å²) in [5, 5.41) is 8.70. The molecule has 0 saturated carbocycles. The second kappa shape index (κ2) is 7.73. The van der Waals surface area contributed by atoms with Crippen molar-refractivity contribution in [3.8, 4) is 0 Å². The molecule has 110 valence electrons. The normalized spacial score (nSPS) is 12.4. The first-order valence-electron chi connectivity index (χ1n) is 5.03. The van der Waals surface area contributed by atoms with Crippen LogP contribution in [0.15, 0.2) is 18.2 Å². The number of benzene rings is 1. The van der Waals surface area contributed by atoms with Gasteiger partial charge < -0.3 is 16.0 Å². The average Bonchev–Trinajstić information content (AvgIpc) is 2.31. The van der Waals surface area contributed by atoms with Crippen LogP contribution in [0.2, 0.25) is 10.0 Å². The third-order valence-corrected chi connectivity index (χ3v) is 3.44. The molecule has 0 fully saturated rings. The fourth-order valence-corrected chi connectivity index (χ4v) is 2.20. The molecule has 1 aromatic rings. The smallest absolute Gasteiger partial charge is 0.228 e. The standard InChI is InChI=1S/C10H8Cl5N3OS/c11-5-1-2-7(6(12)3-5)17-9(20)18-8(16-4-19)10(13,14)15/h1-4,8H,(H,16,19)(H2,17,18,20)/t8-/m0/s1. The van der Waals surface area contributed by atoms with Crippen LogP contribution in [0, 0.1) is 0 Å². The largest absolute Gasteiger partial charge is 0.339 e. The maximum absolute atomic E-state index is 10.5. The molecule has 0 spiro atoms. The van der Waals surface area contributed by atoms with E-state index in [0.29, 0.717) is 22.1 Å². The summed E-state index contributed by atoms with van der Waals surface area (Å²) in [7, 11) is 0. The number of thiocarbonyl (C=S) groups is 1. The minimum Gasteiger partial charge on any atom is -0.339 e. The van der Waals surface area contributed by atoms with E-state index in [1.165, 1.54) is 0 Å². The maximum atomic E-state index is 10.5. The first-order valence-corrected chi connectivity index (χ1v) is 7.33. The van der Waals surface area contributed by atoms with Gasteiger partial charge >= 0.3 is 0 Å². The summed E-state index contributed by atoms with van der Waals surface area (Å²) in [4.78, 5) is 10.5. The van der Waals surface area contributed by atoms with E-state index < -0.39 is 9.96 Å². The van der Waals surface area contributed by atoms with Gasteiger partial charge in [-0.25, -0.2) is 0 Å². The Labute approximate surface area is 146 Å². The van der Waals surface area contributed by atoms with Crippen LogP contribution in [0.25, 0.3) is 0 Å². The number of rotatable bonds is 4. The molecule has 4 nitrogen and oxygen atoms in total. The molecule has 0 aliphatic carbocycles. The van der Waals surface area contributed by atoms with Crippen molar-refractivity contribution in [2.45, 2.75) is 9.96 Å². The second-order valence-electron chi connectivity index (χ2n) is 3.48. The lowest BCUT2D eigenvalue weighted by atomic mass is 10.3. The van der Waals surface area contributed by atoms with Gasteiger partial charge in [0.2, 0.25) is 10.2 Å². The lowest BCUT2D eigenvalue weighted by Gasteiger charge is -2.26. The predicted molar refractivity (Wildman–Crippen MR) is 89.1 cm³/mol. The Morgan fingerprint density at radius 3 is 2.45 bits per heavy atom. The van der Waals surface area contributed by atoms with Crippen molar-refractivity contribution in [3.63, 3.8) is 0 Å². The molecule has 0 aromatic heterocycles. The highest BCUT2D eigenvalue weighted by atomic mass is 35.6. The minimum atomic E-state index is -1.78. The Bertz CT molecular complexity index is 508. The third kappa shape index (κ3) is 5.68.